The number of hydrogen-bond donors (Lipinski definition) is 1. The molecular weight excluding hydrogens is 438 g/mol. The Kier molecular flexibility index (Phi) is 10.5. The smallest absolute Gasteiger partial charge is 0.243 e. The molecule has 2 nitrogen and oxygen atoms in total. The molecule has 0 aliphatic heterocycles. The predicted octanol–water partition coefficient (Wildman–Crippen LogP) is 8.92. The first-order valence-electron chi connectivity index (χ1n) is 15.7. The lowest BCUT2D eigenvalue weighted by Crippen LogP contribution is -2.38. The summed E-state index contributed by atoms with van der Waals surface area (Å²) in [5, 5.41) is 3.12. The Labute approximate surface area is 222 Å². The van der Waals surface area contributed by atoms with Crippen LogP contribution in [0.15, 0.2) is 30.9 Å². The van der Waals surface area contributed by atoms with Crippen LogP contribution in [0.2, 0.25) is 0 Å². The molecule has 36 heavy (non-hydrogen) atoms. The van der Waals surface area contributed by atoms with Gasteiger partial charge in [0.25, 0.3) is 0 Å². The summed E-state index contributed by atoms with van der Waals surface area (Å²) in [5.41, 5.74) is 4.87. The zero-order chi connectivity index (χ0) is 25.3. The number of benzene rings is 1. The van der Waals surface area contributed by atoms with Crippen LogP contribution in [0, 0.1) is 23.7 Å². The number of nitrogens with one attached hydrogen (secondary N) is 1. The van der Waals surface area contributed by atoms with Gasteiger partial charge in [-0.2, -0.15) is 0 Å². The van der Waals surface area contributed by atoms with Crippen molar-refractivity contribution in [3.63, 3.8) is 0 Å². The second-order valence-electron chi connectivity index (χ2n) is 12.5. The highest BCUT2D eigenvalue weighted by Crippen LogP contribution is 2.47. The van der Waals surface area contributed by atoms with Crippen molar-refractivity contribution in [2.24, 2.45) is 23.7 Å². The fourth-order valence-electron chi connectivity index (χ4n) is 8.08. The second-order valence-corrected chi connectivity index (χ2v) is 12.5. The summed E-state index contributed by atoms with van der Waals surface area (Å²) in [6, 6.07) is 7.87. The average Bonchev–Trinajstić information content (AvgIpc) is 2.93. The van der Waals surface area contributed by atoms with Crippen molar-refractivity contribution < 1.29 is 4.79 Å². The van der Waals surface area contributed by atoms with Gasteiger partial charge in [-0.3, -0.25) is 4.79 Å². The monoisotopic (exact) mass is 491 g/mol. The van der Waals surface area contributed by atoms with Crippen molar-refractivity contribution in [1.29, 1.82) is 0 Å². The van der Waals surface area contributed by atoms with Gasteiger partial charge in [-0.1, -0.05) is 51.5 Å². The Morgan fingerprint density at radius 3 is 1.92 bits per heavy atom. The fourth-order valence-corrected chi connectivity index (χ4v) is 8.08. The van der Waals surface area contributed by atoms with Crippen LogP contribution < -0.4 is 5.32 Å². The number of carbonyl (C=O) groups is 1. The van der Waals surface area contributed by atoms with Crippen LogP contribution in [0.1, 0.15) is 133 Å². The molecule has 3 saturated carbocycles. The van der Waals surface area contributed by atoms with Crippen LogP contribution in [-0.2, 0) is 17.6 Å². The van der Waals surface area contributed by atoms with Gasteiger partial charge in [0, 0.05) is 6.04 Å². The molecule has 0 aromatic heterocycles. The normalized spacial score (nSPS) is 31.1. The molecule has 2 heteroatoms. The minimum absolute atomic E-state index is 0.000907. The first kappa shape index (κ1) is 27.5. The molecule has 1 amide bonds. The van der Waals surface area contributed by atoms with Crippen molar-refractivity contribution in [3.8, 4) is 0 Å². The van der Waals surface area contributed by atoms with E-state index in [0.29, 0.717) is 6.04 Å². The topological polar surface area (TPSA) is 29.1 Å². The molecule has 4 rings (SSSR count). The van der Waals surface area contributed by atoms with Gasteiger partial charge >= 0.3 is 0 Å². The van der Waals surface area contributed by atoms with E-state index in [1.54, 1.807) is 16.7 Å². The Morgan fingerprint density at radius 1 is 0.833 bits per heavy atom. The summed E-state index contributed by atoms with van der Waals surface area (Å²) >= 11 is 0. The molecule has 200 valence electrons. The number of carbonyl (C=O) groups excluding carboxylic acids is 1. The number of aryl methyl sites for hydroxylation is 2. The highest BCUT2D eigenvalue weighted by atomic mass is 16.1. The molecule has 0 radical (unpaired) electrons. The molecule has 0 atom stereocenters. The minimum Gasteiger partial charge on any atom is -0.350 e. The maximum absolute atomic E-state index is 11.6. The quantitative estimate of drug-likeness (QED) is 0.257. The highest BCUT2D eigenvalue weighted by molar-refractivity contribution is 5.87. The van der Waals surface area contributed by atoms with Crippen LogP contribution in [-0.4, -0.2) is 11.9 Å². The minimum atomic E-state index is -0.000907. The molecular formula is C34H53NO. The highest BCUT2D eigenvalue weighted by Gasteiger charge is 2.35. The maximum Gasteiger partial charge on any atom is 0.243 e. The van der Waals surface area contributed by atoms with Crippen molar-refractivity contribution in [3.05, 3.63) is 47.5 Å². The van der Waals surface area contributed by atoms with Gasteiger partial charge < -0.3 is 5.32 Å². The van der Waals surface area contributed by atoms with Crippen molar-refractivity contribution >= 4 is 5.91 Å². The zero-order valence-corrected chi connectivity index (χ0v) is 23.4. The summed E-state index contributed by atoms with van der Waals surface area (Å²) in [7, 11) is 0. The lowest BCUT2D eigenvalue weighted by molar-refractivity contribution is -0.117. The summed E-state index contributed by atoms with van der Waals surface area (Å²) in [6.07, 6.45) is 24.4. The molecule has 0 bridgehead atoms. The third-order valence-corrected chi connectivity index (χ3v) is 10.3. The first-order valence-corrected chi connectivity index (χ1v) is 15.7. The molecule has 3 fully saturated rings. The van der Waals surface area contributed by atoms with E-state index in [1.807, 2.05) is 0 Å². The van der Waals surface area contributed by atoms with E-state index in [-0.39, 0.29) is 5.91 Å². The van der Waals surface area contributed by atoms with Crippen LogP contribution in [0.25, 0.3) is 0 Å². The standard InChI is InChI=1S/C34H53NO/c1-4-7-8-9-25-10-23-33(26(5-2)24-25)31-17-15-29(16-18-31)27-11-13-28(14-12-27)30-19-21-32(22-20-30)35-34(36)6-3/h6,10,23-24,27-32H,3-5,7-9,11-22H2,1-2H3,(H,35,36). The summed E-state index contributed by atoms with van der Waals surface area (Å²) in [5.74, 6) is 4.60. The number of amides is 1. The van der Waals surface area contributed by atoms with Crippen LogP contribution >= 0.6 is 0 Å². The summed E-state index contributed by atoms with van der Waals surface area (Å²) in [6.45, 7) is 8.23. The number of hydrogen-bond acceptors (Lipinski definition) is 1. The Hall–Kier alpha value is -1.57. The first-order chi connectivity index (χ1) is 17.6. The molecule has 0 heterocycles. The molecule has 3 aliphatic carbocycles. The third kappa shape index (κ3) is 7.26. The van der Waals surface area contributed by atoms with E-state index < -0.39 is 0 Å². The zero-order valence-electron chi connectivity index (χ0n) is 23.4. The Balaban J connectivity index is 1.20. The fraction of sp³-hybridized carbons (Fsp3) is 0.735. The van der Waals surface area contributed by atoms with Crippen molar-refractivity contribution in [1.82, 2.24) is 5.32 Å². The van der Waals surface area contributed by atoms with Crippen LogP contribution in [0.3, 0.4) is 0 Å². The van der Waals surface area contributed by atoms with Gasteiger partial charge in [0.05, 0.1) is 0 Å². The molecule has 1 N–H and O–H groups in total. The van der Waals surface area contributed by atoms with Gasteiger partial charge in [0.1, 0.15) is 0 Å². The Bertz CT molecular complexity index is 820. The van der Waals surface area contributed by atoms with E-state index >= 15 is 0 Å². The van der Waals surface area contributed by atoms with Gasteiger partial charge in [-0.15, -0.1) is 0 Å². The largest absolute Gasteiger partial charge is 0.350 e. The number of rotatable bonds is 10. The van der Waals surface area contributed by atoms with Crippen LogP contribution in [0.5, 0.6) is 0 Å². The van der Waals surface area contributed by atoms with E-state index in [1.165, 1.54) is 102 Å². The van der Waals surface area contributed by atoms with Crippen LogP contribution in [0.4, 0.5) is 0 Å². The lowest BCUT2D eigenvalue weighted by atomic mass is 9.65. The molecule has 0 saturated heterocycles. The SMILES string of the molecule is C=CC(=O)NC1CCC(C2CCC(C3CCC(c4ccc(CCCCC)cc4CC)CC3)CC2)CC1. The lowest BCUT2D eigenvalue weighted by Gasteiger charge is -2.41. The third-order valence-electron chi connectivity index (χ3n) is 10.3. The molecule has 0 unspecified atom stereocenters. The maximum atomic E-state index is 11.6. The van der Waals surface area contributed by atoms with E-state index in [4.69, 9.17) is 0 Å². The van der Waals surface area contributed by atoms with E-state index in [0.717, 1.165) is 42.4 Å². The number of unbranched alkanes of at least 4 members (excludes halogenated alkanes) is 2. The molecule has 0 spiro atoms. The molecule has 1 aromatic carbocycles. The molecule has 3 aliphatic rings. The van der Waals surface area contributed by atoms with Crippen molar-refractivity contribution in [2.45, 2.75) is 135 Å². The molecule has 1 aromatic rings. The average molecular weight is 492 g/mol. The Morgan fingerprint density at radius 2 is 1.39 bits per heavy atom. The van der Waals surface area contributed by atoms with Gasteiger partial charge in [0.2, 0.25) is 5.91 Å². The predicted molar refractivity (Wildman–Crippen MR) is 153 cm³/mol. The summed E-state index contributed by atoms with van der Waals surface area (Å²) in [4.78, 5) is 11.6. The van der Waals surface area contributed by atoms with Crippen molar-refractivity contribution in [2.75, 3.05) is 0 Å². The van der Waals surface area contributed by atoms with Gasteiger partial charge in [-0.25, -0.2) is 0 Å². The van der Waals surface area contributed by atoms with E-state index in [9.17, 15) is 4.79 Å². The van der Waals surface area contributed by atoms with E-state index in [2.05, 4.69) is 43.9 Å². The van der Waals surface area contributed by atoms with Gasteiger partial charge in [0.15, 0.2) is 0 Å². The van der Waals surface area contributed by atoms with Gasteiger partial charge in [-0.05, 0) is 149 Å². The summed E-state index contributed by atoms with van der Waals surface area (Å²) < 4.78 is 0. The second kappa shape index (κ2) is 13.8.